The van der Waals surface area contributed by atoms with Gasteiger partial charge in [0.25, 0.3) is 0 Å². The number of aliphatic hydroxyl groups is 1. The molecule has 0 amide bonds. The van der Waals surface area contributed by atoms with E-state index in [4.69, 9.17) is 28.5 Å². The second-order valence-electron chi connectivity index (χ2n) is 4.32. The molecule has 0 aromatic heterocycles. The highest BCUT2D eigenvalue weighted by atomic mass is 35.5. The lowest BCUT2D eigenvalue weighted by Gasteiger charge is -2.22. The summed E-state index contributed by atoms with van der Waals surface area (Å²) in [4.78, 5) is 1.59. The van der Waals surface area contributed by atoms with E-state index in [1.807, 2.05) is 0 Å². The molecule has 110 valence electrons. The van der Waals surface area contributed by atoms with Gasteiger partial charge in [-0.1, -0.05) is 23.2 Å². The fourth-order valence-electron chi connectivity index (χ4n) is 1.71. The van der Waals surface area contributed by atoms with Gasteiger partial charge in [0.15, 0.2) is 6.10 Å². The van der Waals surface area contributed by atoms with Crippen molar-refractivity contribution in [3.63, 3.8) is 0 Å². The van der Waals surface area contributed by atoms with Crippen LogP contribution in [0.2, 0.25) is 10.0 Å². The van der Waals surface area contributed by atoms with Gasteiger partial charge in [-0.05, 0) is 17.7 Å². The van der Waals surface area contributed by atoms with Crippen molar-refractivity contribution >= 4 is 28.9 Å². The molecule has 0 fully saturated rings. The molecule has 0 aliphatic carbocycles. The Morgan fingerprint density at radius 3 is 2.00 bits per heavy atom. The summed E-state index contributed by atoms with van der Waals surface area (Å²) in [5.74, 6) is -1.79. The third kappa shape index (κ3) is 3.48. The number of hydrogen-bond donors (Lipinski definition) is 1. The summed E-state index contributed by atoms with van der Waals surface area (Å²) in [5.41, 5.74) is 0.341. The van der Waals surface area contributed by atoms with Gasteiger partial charge in [0.1, 0.15) is 5.92 Å². The molecule has 0 aliphatic rings. The summed E-state index contributed by atoms with van der Waals surface area (Å²) in [7, 11) is 3.33. The van der Waals surface area contributed by atoms with Crippen LogP contribution in [-0.4, -0.2) is 31.5 Å². The zero-order valence-electron chi connectivity index (χ0n) is 10.5. The van der Waals surface area contributed by atoms with Gasteiger partial charge >= 0.3 is 6.18 Å². The van der Waals surface area contributed by atoms with Gasteiger partial charge in [-0.2, -0.15) is 18.4 Å². The number of alkyl halides is 3. The average Bonchev–Trinajstić information content (AvgIpc) is 2.26. The van der Waals surface area contributed by atoms with Gasteiger partial charge < -0.3 is 10.0 Å². The van der Waals surface area contributed by atoms with E-state index in [1.165, 1.54) is 18.2 Å². The number of rotatable bonds is 3. The Labute approximate surface area is 124 Å². The second-order valence-corrected chi connectivity index (χ2v) is 5.14. The van der Waals surface area contributed by atoms with Crippen LogP contribution in [0.5, 0.6) is 0 Å². The van der Waals surface area contributed by atoms with Crippen molar-refractivity contribution in [2.45, 2.75) is 18.2 Å². The maximum Gasteiger partial charge on any atom is 0.415 e. The zero-order chi connectivity index (χ0) is 15.7. The van der Waals surface area contributed by atoms with E-state index in [-0.39, 0.29) is 15.6 Å². The Kier molecular flexibility index (Phi) is 5.14. The first-order chi connectivity index (χ1) is 9.09. The lowest BCUT2D eigenvalue weighted by molar-refractivity contribution is -0.206. The van der Waals surface area contributed by atoms with Crippen molar-refractivity contribution in [1.82, 2.24) is 0 Å². The SMILES string of the molecule is CN(C)c1c(Cl)cc(C(C#N)C(O)C(F)(F)F)cc1Cl. The van der Waals surface area contributed by atoms with Gasteiger partial charge in [0, 0.05) is 14.1 Å². The molecule has 0 heterocycles. The summed E-state index contributed by atoms with van der Waals surface area (Å²) in [5, 5.41) is 18.3. The molecule has 1 aromatic rings. The molecular weight excluding hydrogens is 316 g/mol. The molecule has 20 heavy (non-hydrogen) atoms. The van der Waals surface area contributed by atoms with Crippen LogP contribution < -0.4 is 4.90 Å². The fourth-order valence-corrected chi connectivity index (χ4v) is 2.55. The van der Waals surface area contributed by atoms with Crippen molar-refractivity contribution in [3.05, 3.63) is 27.7 Å². The van der Waals surface area contributed by atoms with Crippen molar-refractivity contribution in [2.75, 3.05) is 19.0 Å². The zero-order valence-corrected chi connectivity index (χ0v) is 12.1. The van der Waals surface area contributed by atoms with E-state index in [2.05, 4.69) is 0 Å². The molecule has 2 unspecified atom stereocenters. The highest BCUT2D eigenvalue weighted by molar-refractivity contribution is 6.39. The summed E-state index contributed by atoms with van der Waals surface area (Å²) in [6.07, 6.45) is -7.70. The number of nitrogens with zero attached hydrogens (tertiary/aromatic N) is 2. The monoisotopic (exact) mass is 326 g/mol. The minimum atomic E-state index is -4.90. The predicted molar refractivity (Wildman–Crippen MR) is 71.2 cm³/mol. The summed E-state index contributed by atoms with van der Waals surface area (Å²) in [6, 6.07) is 3.83. The first-order valence-corrected chi connectivity index (χ1v) is 6.15. The molecule has 0 spiro atoms. The molecule has 0 saturated heterocycles. The Morgan fingerprint density at radius 2 is 1.70 bits per heavy atom. The van der Waals surface area contributed by atoms with Crippen LogP contribution >= 0.6 is 23.2 Å². The molecule has 3 nitrogen and oxygen atoms in total. The number of halogens is 5. The Balaban J connectivity index is 3.30. The average molecular weight is 327 g/mol. The topological polar surface area (TPSA) is 47.3 Å². The van der Waals surface area contributed by atoms with E-state index in [0.717, 1.165) is 0 Å². The molecule has 0 bridgehead atoms. The maximum absolute atomic E-state index is 12.5. The lowest BCUT2D eigenvalue weighted by Crippen LogP contribution is -2.34. The van der Waals surface area contributed by atoms with Crippen molar-refractivity contribution in [2.24, 2.45) is 0 Å². The first-order valence-electron chi connectivity index (χ1n) is 5.40. The van der Waals surface area contributed by atoms with E-state index in [1.54, 1.807) is 19.0 Å². The normalized spacial score (nSPS) is 14.6. The van der Waals surface area contributed by atoms with Crippen LogP contribution in [0, 0.1) is 11.3 Å². The van der Waals surface area contributed by atoms with Crippen LogP contribution in [0.25, 0.3) is 0 Å². The standard InChI is InChI=1S/C12H11Cl2F3N2O/c1-19(2)10-8(13)3-6(4-9(10)14)7(5-18)11(20)12(15,16)17/h3-4,7,11,20H,1-2H3. The highest BCUT2D eigenvalue weighted by Gasteiger charge is 2.44. The van der Waals surface area contributed by atoms with Crippen LogP contribution in [0.3, 0.4) is 0 Å². The Hall–Kier alpha value is -1.16. The number of anilines is 1. The van der Waals surface area contributed by atoms with Crippen molar-refractivity contribution in [3.8, 4) is 6.07 Å². The van der Waals surface area contributed by atoms with Crippen LogP contribution in [0.15, 0.2) is 12.1 Å². The van der Waals surface area contributed by atoms with Crippen molar-refractivity contribution in [1.29, 1.82) is 5.26 Å². The highest BCUT2D eigenvalue weighted by Crippen LogP contribution is 2.38. The molecule has 8 heteroatoms. The van der Waals surface area contributed by atoms with Gasteiger partial charge in [-0.25, -0.2) is 0 Å². The quantitative estimate of drug-likeness (QED) is 0.923. The molecule has 0 saturated carbocycles. The van der Waals surface area contributed by atoms with Crippen LogP contribution in [0.1, 0.15) is 11.5 Å². The minimum Gasteiger partial charge on any atom is -0.382 e. The Bertz CT molecular complexity index is 517. The van der Waals surface area contributed by atoms with Crippen LogP contribution in [0.4, 0.5) is 18.9 Å². The van der Waals surface area contributed by atoms with Gasteiger partial charge in [-0.3, -0.25) is 0 Å². The molecule has 1 aromatic carbocycles. The molecule has 0 radical (unpaired) electrons. The summed E-state index contributed by atoms with van der Waals surface area (Å²) < 4.78 is 37.5. The summed E-state index contributed by atoms with van der Waals surface area (Å²) in [6.45, 7) is 0. The number of hydrogen-bond acceptors (Lipinski definition) is 3. The number of nitriles is 1. The fraction of sp³-hybridized carbons (Fsp3) is 0.417. The van der Waals surface area contributed by atoms with Crippen LogP contribution in [-0.2, 0) is 0 Å². The smallest absolute Gasteiger partial charge is 0.382 e. The molecular formula is C12H11Cl2F3N2O. The Morgan fingerprint density at radius 1 is 1.25 bits per heavy atom. The molecule has 1 N–H and O–H groups in total. The van der Waals surface area contributed by atoms with Crippen molar-refractivity contribution < 1.29 is 18.3 Å². The number of aliphatic hydroxyl groups excluding tert-OH is 1. The van der Waals surface area contributed by atoms with Gasteiger partial charge in [-0.15, -0.1) is 0 Å². The third-order valence-electron chi connectivity index (χ3n) is 2.64. The maximum atomic E-state index is 12.5. The second kappa shape index (κ2) is 6.08. The van der Waals surface area contributed by atoms with E-state index >= 15 is 0 Å². The van der Waals surface area contributed by atoms with Gasteiger partial charge in [0.05, 0.1) is 21.8 Å². The number of benzene rings is 1. The van der Waals surface area contributed by atoms with E-state index in [0.29, 0.717) is 5.69 Å². The molecule has 2 atom stereocenters. The summed E-state index contributed by atoms with van der Waals surface area (Å²) >= 11 is 11.9. The first kappa shape index (κ1) is 16.9. The van der Waals surface area contributed by atoms with Gasteiger partial charge in [0.2, 0.25) is 0 Å². The van der Waals surface area contributed by atoms with E-state index < -0.39 is 18.2 Å². The third-order valence-corrected chi connectivity index (χ3v) is 3.21. The largest absolute Gasteiger partial charge is 0.415 e. The lowest BCUT2D eigenvalue weighted by atomic mass is 9.94. The van der Waals surface area contributed by atoms with E-state index in [9.17, 15) is 18.3 Å². The predicted octanol–water partition coefficient (Wildman–Crippen LogP) is 3.59. The molecule has 0 aliphatic heterocycles. The molecule has 1 rings (SSSR count). The minimum absolute atomic E-state index is 0.0853.